The number of carbonyl (C=O) groups excluding carboxylic acids is 1. The number of aryl methyl sites for hydroxylation is 1. The van der Waals surface area contributed by atoms with Crippen molar-refractivity contribution in [1.82, 2.24) is 25.7 Å². The maximum absolute atomic E-state index is 13.1. The molecule has 1 heterocycles. The van der Waals surface area contributed by atoms with Crippen molar-refractivity contribution in [3.05, 3.63) is 17.5 Å². The normalized spacial score (nSPS) is 13.7. The number of nitrogens with one attached hydrogen (secondary N) is 3. The summed E-state index contributed by atoms with van der Waals surface area (Å²) in [5.41, 5.74) is -1.51. The molecule has 0 saturated carbocycles. The smallest absolute Gasteiger partial charge is 0.435 e. The van der Waals surface area contributed by atoms with Gasteiger partial charge in [-0.15, -0.1) is 0 Å². The molecule has 0 saturated heterocycles. The molecule has 1 aromatic rings. The number of aliphatic imine (C=N–C) groups is 1. The lowest BCUT2D eigenvalue weighted by atomic mass is 10.1. The molecule has 0 fully saturated rings. The van der Waals surface area contributed by atoms with Crippen LogP contribution in [0, 0.1) is 0 Å². The number of hydrogen-bond acceptors (Lipinski definition) is 4. The van der Waals surface area contributed by atoms with Crippen molar-refractivity contribution in [2.75, 3.05) is 13.6 Å². The van der Waals surface area contributed by atoms with E-state index >= 15 is 0 Å². The number of nitrogens with zero attached hydrogens (tertiary/aromatic N) is 3. The van der Waals surface area contributed by atoms with E-state index in [4.69, 9.17) is 4.74 Å². The maximum Gasteiger partial charge on any atom is 0.435 e. The molecule has 0 aromatic carbocycles. The van der Waals surface area contributed by atoms with Crippen LogP contribution in [0.25, 0.3) is 0 Å². The topological polar surface area (TPSA) is 92.6 Å². The second-order valence-electron chi connectivity index (χ2n) is 7.97. The van der Waals surface area contributed by atoms with Gasteiger partial charge in [0.1, 0.15) is 5.60 Å². The van der Waals surface area contributed by atoms with Crippen LogP contribution in [0.15, 0.2) is 11.2 Å². The maximum atomic E-state index is 13.1. The Morgan fingerprint density at radius 1 is 1.30 bits per heavy atom. The number of ether oxygens (including phenoxy) is 1. The molecule has 1 aromatic heterocycles. The lowest BCUT2D eigenvalue weighted by Gasteiger charge is -2.24. The molecule has 0 aliphatic heterocycles. The lowest BCUT2D eigenvalue weighted by Crippen LogP contribution is -2.48. The summed E-state index contributed by atoms with van der Waals surface area (Å²) in [4.78, 5) is 16.0. The van der Waals surface area contributed by atoms with Crippen molar-refractivity contribution in [3.8, 4) is 0 Å². The SMILES string of the molecule is CCCCC(CNC(=O)OC(C)(C)C)NC(=NC)NCc1cn(C)nc1C(F)(F)F. The Morgan fingerprint density at radius 3 is 2.50 bits per heavy atom. The van der Waals surface area contributed by atoms with E-state index in [-0.39, 0.29) is 24.7 Å². The highest BCUT2D eigenvalue weighted by Gasteiger charge is 2.36. The molecule has 1 rings (SSSR count). The minimum absolute atomic E-state index is 0.0185. The highest BCUT2D eigenvalue weighted by atomic mass is 19.4. The number of hydrogen-bond donors (Lipinski definition) is 3. The number of rotatable bonds is 8. The predicted octanol–water partition coefficient (Wildman–Crippen LogP) is 3.19. The van der Waals surface area contributed by atoms with Crippen LogP contribution < -0.4 is 16.0 Å². The van der Waals surface area contributed by atoms with Gasteiger partial charge < -0.3 is 20.7 Å². The highest BCUT2D eigenvalue weighted by Crippen LogP contribution is 2.30. The van der Waals surface area contributed by atoms with Crippen LogP contribution >= 0.6 is 0 Å². The molecule has 0 aliphatic carbocycles. The molecule has 11 heteroatoms. The number of alkyl carbamates (subject to hydrolysis) is 1. The summed E-state index contributed by atoms with van der Waals surface area (Å²) in [7, 11) is 2.97. The van der Waals surface area contributed by atoms with E-state index in [0.29, 0.717) is 5.96 Å². The van der Waals surface area contributed by atoms with Gasteiger partial charge in [0, 0.05) is 45.0 Å². The number of halogens is 3. The van der Waals surface area contributed by atoms with Crippen molar-refractivity contribution in [2.24, 2.45) is 12.0 Å². The molecule has 0 bridgehead atoms. The number of unbranched alkanes of at least 4 members (excludes halogenated alkanes) is 1. The van der Waals surface area contributed by atoms with Crippen LogP contribution in [0.3, 0.4) is 0 Å². The molecule has 172 valence electrons. The van der Waals surface area contributed by atoms with Gasteiger partial charge in [-0.1, -0.05) is 19.8 Å². The summed E-state index contributed by atoms with van der Waals surface area (Å²) < 4.78 is 45.7. The summed E-state index contributed by atoms with van der Waals surface area (Å²) >= 11 is 0. The third-order valence-corrected chi connectivity index (χ3v) is 3.98. The zero-order chi connectivity index (χ0) is 22.9. The molecule has 1 atom stereocenters. The fourth-order valence-corrected chi connectivity index (χ4v) is 2.67. The van der Waals surface area contributed by atoms with E-state index in [1.165, 1.54) is 20.3 Å². The van der Waals surface area contributed by atoms with Crippen LogP contribution in [0.1, 0.15) is 58.2 Å². The molecule has 0 aliphatic rings. The van der Waals surface area contributed by atoms with Gasteiger partial charge in [0.05, 0.1) is 0 Å². The van der Waals surface area contributed by atoms with Crippen LogP contribution in [0.4, 0.5) is 18.0 Å². The Balaban J connectivity index is 2.72. The van der Waals surface area contributed by atoms with Gasteiger partial charge in [-0.3, -0.25) is 9.67 Å². The minimum Gasteiger partial charge on any atom is -0.444 e. The number of guanidine groups is 1. The van der Waals surface area contributed by atoms with Crippen LogP contribution in [0.2, 0.25) is 0 Å². The summed E-state index contributed by atoms with van der Waals surface area (Å²) in [6, 6.07) is -0.167. The molecular formula is C19H33F3N6O2. The molecule has 8 nitrogen and oxygen atoms in total. The van der Waals surface area contributed by atoms with Gasteiger partial charge in [-0.05, 0) is 27.2 Å². The van der Waals surface area contributed by atoms with E-state index < -0.39 is 23.6 Å². The van der Waals surface area contributed by atoms with Crippen LogP contribution in [0.5, 0.6) is 0 Å². The molecular weight excluding hydrogens is 401 g/mol. The van der Waals surface area contributed by atoms with E-state index in [2.05, 4.69) is 26.0 Å². The second-order valence-corrected chi connectivity index (χ2v) is 7.97. The Kier molecular flexibility index (Phi) is 9.44. The van der Waals surface area contributed by atoms with Crippen molar-refractivity contribution in [1.29, 1.82) is 0 Å². The van der Waals surface area contributed by atoms with Crippen LogP contribution in [-0.4, -0.2) is 47.1 Å². The van der Waals surface area contributed by atoms with E-state index in [1.807, 2.05) is 6.92 Å². The second kappa shape index (κ2) is 11.1. The Hall–Kier alpha value is -2.46. The molecule has 1 amide bonds. The third-order valence-electron chi connectivity index (χ3n) is 3.98. The molecule has 0 radical (unpaired) electrons. The average molecular weight is 435 g/mol. The molecule has 1 unspecified atom stereocenters. The molecule has 3 N–H and O–H groups in total. The summed E-state index contributed by atoms with van der Waals surface area (Å²) in [5, 5.41) is 12.2. The first-order chi connectivity index (χ1) is 13.9. The quantitative estimate of drug-likeness (QED) is 0.432. The Morgan fingerprint density at radius 2 is 1.97 bits per heavy atom. The van der Waals surface area contributed by atoms with E-state index in [0.717, 1.165) is 23.9 Å². The zero-order valence-corrected chi connectivity index (χ0v) is 18.5. The van der Waals surface area contributed by atoms with Crippen molar-refractivity contribution in [2.45, 2.75) is 71.3 Å². The number of carbonyl (C=O) groups is 1. The highest BCUT2D eigenvalue weighted by molar-refractivity contribution is 5.80. The minimum atomic E-state index is -4.53. The summed E-state index contributed by atoms with van der Waals surface area (Å²) in [6.07, 6.45) is -1.13. The van der Waals surface area contributed by atoms with Gasteiger partial charge >= 0.3 is 12.3 Å². The van der Waals surface area contributed by atoms with E-state index in [1.54, 1.807) is 20.8 Å². The number of aromatic nitrogens is 2. The van der Waals surface area contributed by atoms with Crippen molar-refractivity contribution < 1.29 is 22.7 Å². The van der Waals surface area contributed by atoms with Gasteiger partial charge in [0.15, 0.2) is 11.7 Å². The average Bonchev–Trinajstić information content (AvgIpc) is 3.00. The Labute approximate surface area is 175 Å². The number of amides is 1. The van der Waals surface area contributed by atoms with Crippen molar-refractivity contribution in [3.63, 3.8) is 0 Å². The standard InChI is InChI=1S/C19H33F3N6O2/c1-7-8-9-14(11-25-17(29)30-18(2,3)4)26-16(23-5)24-10-13-12-28(6)27-15(13)19(20,21)22/h12,14H,7-11H2,1-6H3,(H,25,29)(H2,23,24,26). The first-order valence-corrected chi connectivity index (χ1v) is 9.89. The summed E-state index contributed by atoms with van der Waals surface area (Å²) in [6.45, 7) is 7.57. The fourth-order valence-electron chi connectivity index (χ4n) is 2.67. The van der Waals surface area contributed by atoms with Gasteiger partial charge in [0.2, 0.25) is 0 Å². The van der Waals surface area contributed by atoms with Gasteiger partial charge in [0.25, 0.3) is 0 Å². The predicted molar refractivity (Wildman–Crippen MR) is 109 cm³/mol. The zero-order valence-electron chi connectivity index (χ0n) is 18.5. The first kappa shape index (κ1) is 25.6. The largest absolute Gasteiger partial charge is 0.444 e. The molecule has 0 spiro atoms. The number of alkyl halides is 3. The fraction of sp³-hybridized carbons (Fsp3) is 0.737. The lowest BCUT2D eigenvalue weighted by molar-refractivity contribution is -0.142. The monoisotopic (exact) mass is 434 g/mol. The van der Waals surface area contributed by atoms with Gasteiger partial charge in [-0.25, -0.2) is 4.79 Å². The van der Waals surface area contributed by atoms with Crippen molar-refractivity contribution >= 4 is 12.1 Å². The first-order valence-electron chi connectivity index (χ1n) is 9.89. The van der Waals surface area contributed by atoms with Crippen LogP contribution in [-0.2, 0) is 24.5 Å². The third kappa shape index (κ3) is 9.36. The van der Waals surface area contributed by atoms with Gasteiger partial charge in [-0.2, -0.15) is 18.3 Å². The van der Waals surface area contributed by atoms with E-state index in [9.17, 15) is 18.0 Å². The molecule has 30 heavy (non-hydrogen) atoms. The summed E-state index contributed by atoms with van der Waals surface area (Å²) in [5.74, 6) is 0.332. The Bertz CT molecular complexity index is 710.